The maximum Gasteiger partial charge on any atom is 0.243 e. The Balaban J connectivity index is 1.78. The van der Waals surface area contributed by atoms with Gasteiger partial charge in [0.15, 0.2) is 11.5 Å². The Kier molecular flexibility index (Phi) is 9.86. The summed E-state index contributed by atoms with van der Waals surface area (Å²) in [5.41, 5.74) is 2.69. The first-order valence-electron chi connectivity index (χ1n) is 12.0. The summed E-state index contributed by atoms with van der Waals surface area (Å²) in [7, 11) is 3.16. The van der Waals surface area contributed by atoms with E-state index < -0.39 is 6.04 Å². The van der Waals surface area contributed by atoms with Crippen molar-refractivity contribution in [3.8, 4) is 11.5 Å². The monoisotopic (exact) mass is 492 g/mol. The lowest BCUT2D eigenvalue weighted by molar-refractivity contribution is -0.141. The van der Waals surface area contributed by atoms with E-state index in [-0.39, 0.29) is 30.6 Å². The minimum atomic E-state index is -0.713. The summed E-state index contributed by atoms with van der Waals surface area (Å²) >= 11 is 0. The Hall–Kier alpha value is -3.87. The molecule has 1 atom stereocenters. The maximum absolute atomic E-state index is 13.5. The number of carbonyl (C=O) groups excluding carboxylic acids is 2. The van der Waals surface area contributed by atoms with E-state index in [0.29, 0.717) is 30.9 Å². The van der Waals surface area contributed by atoms with E-state index in [1.165, 1.54) is 12.1 Å². The van der Waals surface area contributed by atoms with Crippen molar-refractivity contribution >= 4 is 11.8 Å². The molecule has 0 fully saturated rings. The standard InChI is InChI=1S/C29H33FN2O4/c1-4-28(33)32(20-23-10-13-24(30)14-11-23)25(18-21-8-6-5-7-9-21)29(34)31-17-16-22-12-15-26(35-2)27(19-22)36-3/h5-15,19,25H,4,16-18,20H2,1-3H3,(H,31,34). The highest BCUT2D eigenvalue weighted by Crippen LogP contribution is 2.27. The lowest BCUT2D eigenvalue weighted by Crippen LogP contribution is -2.50. The van der Waals surface area contributed by atoms with Crippen molar-refractivity contribution in [2.24, 2.45) is 0 Å². The number of nitrogens with one attached hydrogen (secondary N) is 1. The normalized spacial score (nSPS) is 11.4. The minimum absolute atomic E-state index is 0.143. The van der Waals surface area contributed by atoms with Gasteiger partial charge in [0.05, 0.1) is 14.2 Å². The number of hydrogen-bond donors (Lipinski definition) is 1. The van der Waals surface area contributed by atoms with Crippen LogP contribution in [-0.4, -0.2) is 43.5 Å². The van der Waals surface area contributed by atoms with Crippen molar-refractivity contribution in [1.29, 1.82) is 0 Å². The van der Waals surface area contributed by atoms with Gasteiger partial charge in [-0.15, -0.1) is 0 Å². The molecule has 0 spiro atoms. The molecule has 2 amide bonds. The van der Waals surface area contributed by atoms with Crippen LogP contribution in [-0.2, 0) is 29.0 Å². The lowest BCUT2D eigenvalue weighted by Gasteiger charge is -2.31. The van der Waals surface area contributed by atoms with Gasteiger partial charge in [-0.1, -0.05) is 55.5 Å². The second-order valence-electron chi connectivity index (χ2n) is 8.44. The first kappa shape index (κ1) is 26.7. The molecule has 3 rings (SSSR count). The number of methoxy groups -OCH3 is 2. The second kappa shape index (κ2) is 13.3. The molecule has 1 unspecified atom stereocenters. The van der Waals surface area contributed by atoms with Crippen LogP contribution in [0.2, 0.25) is 0 Å². The molecule has 0 aliphatic rings. The van der Waals surface area contributed by atoms with Gasteiger partial charge in [0.2, 0.25) is 11.8 Å². The van der Waals surface area contributed by atoms with Crippen molar-refractivity contribution in [2.75, 3.05) is 20.8 Å². The molecule has 0 radical (unpaired) electrons. The Morgan fingerprint density at radius 3 is 2.19 bits per heavy atom. The van der Waals surface area contributed by atoms with Gasteiger partial charge in [-0.2, -0.15) is 0 Å². The molecular formula is C29H33FN2O4. The molecule has 0 saturated carbocycles. The van der Waals surface area contributed by atoms with Gasteiger partial charge in [0, 0.05) is 25.9 Å². The van der Waals surface area contributed by atoms with Crippen molar-refractivity contribution in [2.45, 2.75) is 38.8 Å². The molecule has 3 aromatic carbocycles. The molecule has 0 aromatic heterocycles. The van der Waals surface area contributed by atoms with Crippen LogP contribution in [0.3, 0.4) is 0 Å². The van der Waals surface area contributed by atoms with Gasteiger partial charge in [-0.3, -0.25) is 9.59 Å². The van der Waals surface area contributed by atoms with Gasteiger partial charge >= 0.3 is 0 Å². The molecular weight excluding hydrogens is 459 g/mol. The molecule has 36 heavy (non-hydrogen) atoms. The summed E-state index contributed by atoms with van der Waals surface area (Å²) in [6.45, 7) is 2.38. The lowest BCUT2D eigenvalue weighted by atomic mass is 10.0. The van der Waals surface area contributed by atoms with Crippen LogP contribution in [0, 0.1) is 5.82 Å². The number of rotatable bonds is 12. The number of ether oxygens (including phenoxy) is 2. The second-order valence-corrected chi connectivity index (χ2v) is 8.44. The topological polar surface area (TPSA) is 67.9 Å². The predicted octanol–water partition coefficient (Wildman–Crippen LogP) is 4.55. The van der Waals surface area contributed by atoms with E-state index in [2.05, 4.69) is 5.32 Å². The van der Waals surface area contributed by atoms with Crippen LogP contribution in [0.5, 0.6) is 11.5 Å². The van der Waals surface area contributed by atoms with Gasteiger partial charge in [-0.05, 0) is 47.4 Å². The average Bonchev–Trinajstić information content (AvgIpc) is 2.91. The van der Waals surface area contributed by atoms with Crippen LogP contribution in [0.15, 0.2) is 72.8 Å². The van der Waals surface area contributed by atoms with Gasteiger partial charge < -0.3 is 19.7 Å². The molecule has 0 saturated heterocycles. The van der Waals surface area contributed by atoms with Crippen LogP contribution >= 0.6 is 0 Å². The Morgan fingerprint density at radius 1 is 0.889 bits per heavy atom. The predicted molar refractivity (Wildman–Crippen MR) is 137 cm³/mol. The number of carbonyl (C=O) groups is 2. The number of nitrogens with zero attached hydrogens (tertiary/aromatic N) is 1. The average molecular weight is 493 g/mol. The third-order valence-electron chi connectivity index (χ3n) is 6.00. The number of hydrogen-bond acceptors (Lipinski definition) is 4. The fraction of sp³-hybridized carbons (Fsp3) is 0.310. The van der Waals surface area contributed by atoms with Crippen LogP contribution in [0.1, 0.15) is 30.0 Å². The van der Waals surface area contributed by atoms with Gasteiger partial charge in [0.25, 0.3) is 0 Å². The number of amides is 2. The first-order valence-corrected chi connectivity index (χ1v) is 12.0. The molecule has 7 heteroatoms. The molecule has 190 valence electrons. The SMILES string of the molecule is CCC(=O)N(Cc1ccc(F)cc1)C(Cc1ccccc1)C(=O)NCCc1ccc(OC)c(OC)c1. The van der Waals surface area contributed by atoms with E-state index in [9.17, 15) is 14.0 Å². The molecule has 0 bridgehead atoms. The minimum Gasteiger partial charge on any atom is -0.493 e. The van der Waals surface area contributed by atoms with E-state index in [4.69, 9.17) is 9.47 Å². The van der Waals surface area contributed by atoms with E-state index >= 15 is 0 Å². The fourth-order valence-electron chi connectivity index (χ4n) is 4.03. The van der Waals surface area contributed by atoms with Crippen LogP contribution < -0.4 is 14.8 Å². The van der Waals surface area contributed by atoms with E-state index in [0.717, 1.165) is 16.7 Å². The fourth-order valence-corrected chi connectivity index (χ4v) is 4.03. The maximum atomic E-state index is 13.5. The number of benzene rings is 3. The summed E-state index contributed by atoms with van der Waals surface area (Å²) in [6.07, 6.45) is 1.21. The molecule has 0 heterocycles. The zero-order valence-corrected chi connectivity index (χ0v) is 21.0. The third kappa shape index (κ3) is 7.31. The summed E-state index contributed by atoms with van der Waals surface area (Å²) in [5, 5.41) is 3.01. The summed E-state index contributed by atoms with van der Waals surface area (Å²) in [6, 6.07) is 20.5. The molecule has 1 N–H and O–H groups in total. The molecule has 3 aromatic rings. The van der Waals surface area contributed by atoms with E-state index in [1.54, 1.807) is 38.2 Å². The van der Waals surface area contributed by atoms with Crippen molar-refractivity contribution in [1.82, 2.24) is 10.2 Å². The summed E-state index contributed by atoms with van der Waals surface area (Å²) in [4.78, 5) is 28.0. The van der Waals surface area contributed by atoms with Gasteiger partial charge in [0.1, 0.15) is 11.9 Å². The first-order chi connectivity index (χ1) is 17.4. The Morgan fingerprint density at radius 2 is 1.56 bits per heavy atom. The quantitative estimate of drug-likeness (QED) is 0.403. The smallest absolute Gasteiger partial charge is 0.243 e. The van der Waals surface area contributed by atoms with Crippen molar-refractivity contribution < 1.29 is 23.5 Å². The highest BCUT2D eigenvalue weighted by atomic mass is 19.1. The Bertz CT molecular complexity index is 1140. The van der Waals surface area contributed by atoms with Crippen molar-refractivity contribution in [3.05, 3.63) is 95.3 Å². The van der Waals surface area contributed by atoms with Crippen molar-refractivity contribution in [3.63, 3.8) is 0 Å². The summed E-state index contributed by atoms with van der Waals surface area (Å²) in [5.74, 6) is 0.546. The van der Waals surface area contributed by atoms with Crippen LogP contribution in [0.25, 0.3) is 0 Å². The highest BCUT2D eigenvalue weighted by Gasteiger charge is 2.29. The highest BCUT2D eigenvalue weighted by molar-refractivity contribution is 5.88. The zero-order valence-electron chi connectivity index (χ0n) is 21.0. The third-order valence-corrected chi connectivity index (χ3v) is 6.00. The van der Waals surface area contributed by atoms with Crippen LogP contribution in [0.4, 0.5) is 4.39 Å². The van der Waals surface area contributed by atoms with E-state index in [1.807, 2.05) is 48.5 Å². The largest absolute Gasteiger partial charge is 0.493 e. The number of halogens is 1. The van der Waals surface area contributed by atoms with Gasteiger partial charge in [-0.25, -0.2) is 4.39 Å². The molecule has 6 nitrogen and oxygen atoms in total. The molecule has 0 aliphatic carbocycles. The summed E-state index contributed by atoms with van der Waals surface area (Å²) < 4.78 is 24.1. The zero-order chi connectivity index (χ0) is 25.9. The Labute approximate surface area is 212 Å². The molecule has 0 aliphatic heterocycles.